The molecule has 2 aliphatic rings. The summed E-state index contributed by atoms with van der Waals surface area (Å²) >= 11 is 0. The molecule has 20 heavy (non-hydrogen) atoms. The van der Waals surface area contributed by atoms with Crippen LogP contribution in [0.4, 0.5) is 0 Å². The van der Waals surface area contributed by atoms with Gasteiger partial charge in [0.1, 0.15) is 6.10 Å². The maximum atomic E-state index is 11.5. The van der Waals surface area contributed by atoms with Gasteiger partial charge < -0.3 is 10.5 Å². The van der Waals surface area contributed by atoms with Crippen molar-refractivity contribution in [2.24, 2.45) is 5.73 Å². The number of hydrogen-bond acceptors (Lipinski definition) is 4. The number of nitro groups is 1. The van der Waals surface area contributed by atoms with Gasteiger partial charge in [0.2, 0.25) is 0 Å². The standard InChI is InChI=1S/C14H10N2O4/c15-14(17)13-10-4-2-1-3-9(10)11-7-8(16(18)19)5-6-12(11)20-13/h1-7,12H,(H2,15,17). The minimum Gasteiger partial charge on any atom is -0.475 e. The number of primary amides is 1. The Morgan fingerprint density at radius 2 is 2.00 bits per heavy atom. The summed E-state index contributed by atoms with van der Waals surface area (Å²) in [6.07, 6.45) is 3.84. The predicted molar refractivity (Wildman–Crippen MR) is 70.8 cm³/mol. The van der Waals surface area contributed by atoms with Crippen LogP contribution < -0.4 is 16.2 Å². The molecular weight excluding hydrogens is 260 g/mol. The lowest BCUT2D eigenvalue weighted by molar-refractivity contribution is -0.419. The first kappa shape index (κ1) is 12.2. The zero-order chi connectivity index (χ0) is 14.3. The molecule has 0 bridgehead atoms. The Kier molecular flexibility index (Phi) is 2.64. The van der Waals surface area contributed by atoms with E-state index in [0.717, 1.165) is 5.22 Å². The third kappa shape index (κ3) is 1.78. The Morgan fingerprint density at radius 3 is 2.65 bits per heavy atom. The van der Waals surface area contributed by atoms with Crippen molar-refractivity contribution in [2.75, 3.05) is 0 Å². The second-order valence-electron chi connectivity index (χ2n) is 4.42. The highest BCUT2D eigenvalue weighted by atomic mass is 16.6. The first-order valence-corrected chi connectivity index (χ1v) is 5.92. The molecule has 1 atom stereocenters. The van der Waals surface area contributed by atoms with E-state index in [0.29, 0.717) is 10.8 Å². The van der Waals surface area contributed by atoms with Crippen molar-refractivity contribution in [3.05, 3.63) is 68.7 Å². The highest BCUT2D eigenvalue weighted by molar-refractivity contribution is 6.10. The van der Waals surface area contributed by atoms with Crippen molar-refractivity contribution in [3.63, 3.8) is 0 Å². The summed E-state index contributed by atoms with van der Waals surface area (Å²) in [6, 6.07) is 7.04. The van der Waals surface area contributed by atoms with Crippen LogP contribution in [0.1, 0.15) is 0 Å². The van der Waals surface area contributed by atoms with E-state index >= 15 is 0 Å². The van der Waals surface area contributed by atoms with Crippen molar-refractivity contribution in [2.45, 2.75) is 6.10 Å². The molecule has 1 aliphatic carbocycles. The molecule has 1 aromatic rings. The molecule has 6 nitrogen and oxygen atoms in total. The third-order valence-electron chi connectivity index (χ3n) is 3.21. The van der Waals surface area contributed by atoms with Crippen LogP contribution in [0.2, 0.25) is 0 Å². The van der Waals surface area contributed by atoms with Gasteiger partial charge in [0.05, 0.1) is 4.92 Å². The van der Waals surface area contributed by atoms with Crippen molar-refractivity contribution in [1.29, 1.82) is 0 Å². The van der Waals surface area contributed by atoms with E-state index in [9.17, 15) is 14.9 Å². The second-order valence-corrected chi connectivity index (χ2v) is 4.42. The number of ether oxygens (including phenoxy) is 1. The number of carbonyl (C=O) groups excluding carboxylic acids is 1. The average molecular weight is 270 g/mol. The number of amides is 1. The molecule has 1 heterocycles. The molecule has 0 aromatic heterocycles. The fraction of sp³-hybridized carbons (Fsp3) is 0.0714. The van der Waals surface area contributed by atoms with Crippen LogP contribution >= 0.6 is 0 Å². The van der Waals surface area contributed by atoms with E-state index in [-0.39, 0.29) is 11.5 Å². The zero-order valence-corrected chi connectivity index (χ0v) is 10.3. The molecule has 0 spiro atoms. The largest absolute Gasteiger partial charge is 0.475 e. The molecule has 1 amide bonds. The van der Waals surface area contributed by atoms with Gasteiger partial charge >= 0.3 is 0 Å². The Balaban J connectivity index is 2.38. The number of fused-ring (bicyclic) bond motifs is 2. The molecule has 100 valence electrons. The highest BCUT2D eigenvalue weighted by Crippen LogP contribution is 2.23. The van der Waals surface area contributed by atoms with Gasteiger partial charge in [0.15, 0.2) is 5.76 Å². The summed E-state index contributed by atoms with van der Waals surface area (Å²) < 4.78 is 5.56. The minimum atomic E-state index is -0.658. The molecule has 3 rings (SSSR count). The first-order valence-electron chi connectivity index (χ1n) is 5.92. The van der Waals surface area contributed by atoms with Crippen molar-refractivity contribution in [1.82, 2.24) is 0 Å². The van der Waals surface area contributed by atoms with Crippen molar-refractivity contribution >= 4 is 17.2 Å². The first-order chi connectivity index (χ1) is 9.58. The number of hydrogen-bond donors (Lipinski definition) is 1. The molecular formula is C14H10N2O4. The Bertz CT molecular complexity index is 805. The predicted octanol–water partition coefficient (Wildman–Crippen LogP) is -0.440. The maximum absolute atomic E-state index is 11.5. The summed E-state index contributed by atoms with van der Waals surface area (Å²) in [5, 5.41) is 12.1. The Hall–Kier alpha value is -2.89. The van der Waals surface area contributed by atoms with E-state index in [1.54, 1.807) is 30.3 Å². The number of nitrogens with zero attached hydrogens (tertiary/aromatic N) is 1. The van der Waals surface area contributed by atoms with E-state index in [1.165, 1.54) is 12.2 Å². The topological polar surface area (TPSA) is 95.5 Å². The fourth-order valence-electron chi connectivity index (χ4n) is 2.34. The molecule has 0 radical (unpaired) electrons. The van der Waals surface area contributed by atoms with E-state index in [1.807, 2.05) is 0 Å². The number of carbonyl (C=O) groups is 1. The number of allylic oxidation sites excluding steroid dienone is 1. The second kappa shape index (κ2) is 4.34. The smallest absolute Gasteiger partial charge is 0.284 e. The lowest BCUT2D eigenvalue weighted by Crippen LogP contribution is -2.42. The van der Waals surface area contributed by atoms with E-state index < -0.39 is 16.9 Å². The van der Waals surface area contributed by atoms with Gasteiger partial charge in [-0.05, 0) is 11.3 Å². The number of rotatable bonds is 2. The lowest BCUT2D eigenvalue weighted by atomic mass is 9.96. The highest BCUT2D eigenvalue weighted by Gasteiger charge is 2.27. The van der Waals surface area contributed by atoms with Gasteiger partial charge in [0, 0.05) is 22.9 Å². The van der Waals surface area contributed by atoms with Crippen LogP contribution in [0.15, 0.2) is 48.2 Å². The SMILES string of the molecule is NC(=O)C1=c2ccccc2=C2C=C([N+](=O)[O-])C=CC2O1. The van der Waals surface area contributed by atoms with Crippen molar-refractivity contribution < 1.29 is 14.5 Å². The van der Waals surface area contributed by atoms with Crippen LogP contribution in [0.3, 0.4) is 0 Å². The summed E-state index contributed by atoms with van der Waals surface area (Å²) in [4.78, 5) is 21.9. The zero-order valence-electron chi connectivity index (χ0n) is 10.3. The van der Waals surface area contributed by atoms with Crippen LogP contribution in [0.25, 0.3) is 11.3 Å². The summed E-state index contributed by atoms with van der Waals surface area (Å²) in [7, 11) is 0. The molecule has 0 saturated carbocycles. The van der Waals surface area contributed by atoms with Gasteiger partial charge in [-0.1, -0.05) is 24.3 Å². The molecule has 1 unspecified atom stereocenters. The van der Waals surface area contributed by atoms with Gasteiger partial charge in [0.25, 0.3) is 11.6 Å². The summed E-state index contributed by atoms with van der Waals surface area (Å²) in [5.41, 5.74) is 5.96. The van der Waals surface area contributed by atoms with E-state index in [2.05, 4.69) is 0 Å². The summed E-state index contributed by atoms with van der Waals surface area (Å²) in [5.74, 6) is -0.578. The molecule has 6 heteroatoms. The normalized spacial score (nSPS) is 19.6. The minimum absolute atomic E-state index is 0.0165. The summed E-state index contributed by atoms with van der Waals surface area (Å²) in [6.45, 7) is 0. The van der Waals surface area contributed by atoms with Gasteiger partial charge in [-0.2, -0.15) is 0 Å². The molecule has 2 N–H and O–H groups in total. The van der Waals surface area contributed by atoms with E-state index in [4.69, 9.17) is 10.5 Å². The monoisotopic (exact) mass is 270 g/mol. The lowest BCUT2D eigenvalue weighted by Gasteiger charge is -2.23. The number of benzene rings is 1. The van der Waals surface area contributed by atoms with Gasteiger partial charge in [-0.3, -0.25) is 14.9 Å². The fourth-order valence-corrected chi connectivity index (χ4v) is 2.34. The third-order valence-corrected chi connectivity index (χ3v) is 3.21. The molecule has 1 aromatic carbocycles. The van der Waals surface area contributed by atoms with Gasteiger partial charge in [-0.25, -0.2) is 0 Å². The molecule has 0 fully saturated rings. The Morgan fingerprint density at radius 1 is 1.30 bits per heavy atom. The quantitative estimate of drug-likeness (QED) is 0.582. The van der Waals surface area contributed by atoms with Gasteiger partial charge in [-0.15, -0.1) is 0 Å². The van der Waals surface area contributed by atoms with Crippen LogP contribution in [0.5, 0.6) is 0 Å². The molecule has 1 aliphatic heterocycles. The average Bonchev–Trinajstić information content (AvgIpc) is 2.45. The maximum Gasteiger partial charge on any atom is 0.284 e. The number of nitrogens with two attached hydrogens (primary N) is 1. The van der Waals surface area contributed by atoms with Crippen molar-refractivity contribution in [3.8, 4) is 0 Å². The van der Waals surface area contributed by atoms with Crippen LogP contribution in [-0.4, -0.2) is 16.9 Å². The van der Waals surface area contributed by atoms with Crippen LogP contribution in [0, 0.1) is 10.1 Å². The Labute approximate surface area is 113 Å². The molecule has 0 saturated heterocycles. The van der Waals surface area contributed by atoms with Crippen LogP contribution in [-0.2, 0) is 9.53 Å².